The molecule has 4 nitrogen and oxygen atoms in total. The highest BCUT2D eigenvalue weighted by atomic mass is 16.2. The molecule has 1 heterocycles. The second-order valence-electron chi connectivity index (χ2n) is 3.82. The van der Waals surface area contributed by atoms with E-state index in [0.717, 1.165) is 0 Å². The molecule has 2 amide bonds. The van der Waals surface area contributed by atoms with Gasteiger partial charge in [-0.05, 0) is 11.1 Å². The van der Waals surface area contributed by atoms with E-state index in [-0.39, 0.29) is 11.8 Å². The molecule has 0 radical (unpaired) electrons. The van der Waals surface area contributed by atoms with Crippen LogP contribution in [0.25, 0.3) is 11.1 Å². The van der Waals surface area contributed by atoms with Crippen molar-refractivity contribution in [1.29, 1.82) is 0 Å². The maximum absolute atomic E-state index is 10.9. The Morgan fingerprint density at radius 1 is 1.25 bits per heavy atom. The monoisotopic (exact) mass is 218 g/mol. The molecule has 0 aromatic rings. The minimum absolute atomic E-state index is 0.126. The Morgan fingerprint density at radius 2 is 1.81 bits per heavy atom. The number of fused-ring (bicyclic) bond motifs is 1. The molecule has 84 valence electrons. The molecule has 4 heteroatoms. The molecule has 0 spiro atoms. The number of amides is 2. The maximum Gasteiger partial charge on any atom is 0.243 e. The lowest BCUT2D eigenvalue weighted by Crippen LogP contribution is -2.49. The third-order valence-electron chi connectivity index (χ3n) is 2.69. The Morgan fingerprint density at radius 3 is 2.06 bits per heavy atom. The Labute approximate surface area is 94.2 Å². The Kier molecular flexibility index (Phi) is 3.01. The summed E-state index contributed by atoms with van der Waals surface area (Å²) in [7, 11) is 0. The van der Waals surface area contributed by atoms with Crippen LogP contribution in [0, 0.1) is 0 Å². The van der Waals surface area contributed by atoms with Crippen molar-refractivity contribution in [3.05, 3.63) is 24.3 Å². The lowest BCUT2D eigenvalue weighted by molar-refractivity contribution is -0.144. The van der Waals surface area contributed by atoms with E-state index < -0.39 is 0 Å². The van der Waals surface area contributed by atoms with Crippen molar-refractivity contribution < 1.29 is 9.59 Å². The van der Waals surface area contributed by atoms with E-state index in [9.17, 15) is 9.59 Å². The highest BCUT2D eigenvalue weighted by Gasteiger charge is 2.20. The van der Waals surface area contributed by atoms with Crippen LogP contribution in [-0.4, -0.2) is 36.3 Å². The minimum atomic E-state index is -0.161. The normalized spacial score (nSPS) is 16.3. The van der Waals surface area contributed by atoms with Crippen molar-refractivity contribution in [3.63, 3.8) is 0 Å². The number of imide groups is 1. The van der Waals surface area contributed by atoms with Crippen molar-refractivity contribution in [2.24, 2.45) is 0 Å². The fourth-order valence-corrected chi connectivity index (χ4v) is 1.60. The topological polar surface area (TPSA) is 49.4 Å². The molecule has 0 aromatic carbocycles. The molecular formula is C12H14N2O2. The van der Waals surface area contributed by atoms with Crippen molar-refractivity contribution in [3.8, 4) is 11.1 Å². The molecule has 2 aliphatic carbocycles. The second kappa shape index (κ2) is 4.45. The van der Waals surface area contributed by atoms with Gasteiger partial charge in [-0.1, -0.05) is 24.3 Å². The minimum Gasteiger partial charge on any atom is -0.307 e. The maximum atomic E-state index is 10.9. The van der Waals surface area contributed by atoms with E-state index >= 15 is 0 Å². The third kappa shape index (κ3) is 2.12. The van der Waals surface area contributed by atoms with Crippen LogP contribution in [0.4, 0.5) is 0 Å². The third-order valence-corrected chi connectivity index (χ3v) is 2.69. The summed E-state index contributed by atoms with van der Waals surface area (Å²) >= 11 is 0. The number of hydrogen-bond donors (Lipinski definition) is 1. The van der Waals surface area contributed by atoms with Crippen LogP contribution in [0.5, 0.6) is 0 Å². The van der Waals surface area contributed by atoms with E-state index in [2.05, 4.69) is 29.6 Å². The van der Waals surface area contributed by atoms with Crippen LogP contribution in [0.3, 0.4) is 0 Å². The van der Waals surface area contributed by atoms with Crippen LogP contribution < -0.4 is 5.32 Å². The number of hydrogen-bond acceptors (Lipinski definition) is 3. The summed E-state index contributed by atoms with van der Waals surface area (Å²) in [5.41, 5.74) is 2.85. The van der Waals surface area contributed by atoms with Gasteiger partial charge in [0.1, 0.15) is 0 Å². The van der Waals surface area contributed by atoms with Gasteiger partial charge in [0, 0.05) is 20.0 Å². The van der Waals surface area contributed by atoms with Gasteiger partial charge in [-0.15, -0.1) is 0 Å². The molecule has 0 atom stereocenters. The predicted octanol–water partition coefficient (Wildman–Crippen LogP) is 0.632. The summed E-state index contributed by atoms with van der Waals surface area (Å²) in [6.07, 6.45) is 0. The van der Waals surface area contributed by atoms with Crippen LogP contribution >= 0.6 is 0 Å². The number of rotatable bonds is 0. The average Bonchev–Trinajstić information content (AvgIpc) is 2.24. The molecular weight excluding hydrogens is 204 g/mol. The SMILES string of the molecule is CC(=O)N1CCNCC1=O.c1cc2ccc1-2. The van der Waals surface area contributed by atoms with Gasteiger partial charge >= 0.3 is 0 Å². The number of piperazine rings is 1. The lowest BCUT2D eigenvalue weighted by atomic mass is 9.95. The Balaban J connectivity index is 0.000000134. The van der Waals surface area contributed by atoms with E-state index in [4.69, 9.17) is 0 Å². The fraction of sp³-hybridized carbons (Fsp3) is 0.333. The molecule has 0 saturated carbocycles. The van der Waals surface area contributed by atoms with Gasteiger partial charge in [0.2, 0.25) is 11.8 Å². The fourth-order valence-electron chi connectivity index (χ4n) is 1.60. The van der Waals surface area contributed by atoms with Crippen LogP contribution in [-0.2, 0) is 9.59 Å². The first kappa shape index (κ1) is 10.8. The highest BCUT2D eigenvalue weighted by Crippen LogP contribution is 2.29. The predicted molar refractivity (Wildman–Crippen MR) is 60.7 cm³/mol. The zero-order valence-corrected chi connectivity index (χ0v) is 9.19. The van der Waals surface area contributed by atoms with Gasteiger partial charge in [0.05, 0.1) is 6.54 Å². The molecule has 3 aliphatic rings. The summed E-state index contributed by atoms with van der Waals surface area (Å²) in [5.74, 6) is -0.287. The van der Waals surface area contributed by atoms with Crippen LogP contribution in [0.1, 0.15) is 6.92 Å². The van der Waals surface area contributed by atoms with Crippen molar-refractivity contribution in [1.82, 2.24) is 10.2 Å². The number of nitrogens with zero attached hydrogens (tertiary/aromatic N) is 1. The molecule has 1 fully saturated rings. The highest BCUT2D eigenvalue weighted by molar-refractivity contribution is 5.95. The number of benzene rings is 1. The van der Waals surface area contributed by atoms with Gasteiger partial charge in [-0.2, -0.15) is 0 Å². The molecule has 3 rings (SSSR count). The molecule has 0 unspecified atom stereocenters. The zero-order chi connectivity index (χ0) is 11.5. The van der Waals surface area contributed by atoms with Gasteiger partial charge in [-0.25, -0.2) is 0 Å². The van der Waals surface area contributed by atoms with Gasteiger partial charge in [0.25, 0.3) is 0 Å². The van der Waals surface area contributed by atoms with Crippen molar-refractivity contribution >= 4 is 11.8 Å². The second-order valence-corrected chi connectivity index (χ2v) is 3.82. The number of carbonyl (C=O) groups excluding carboxylic acids is 2. The molecule has 16 heavy (non-hydrogen) atoms. The summed E-state index contributed by atoms with van der Waals surface area (Å²) in [5, 5.41) is 2.88. The van der Waals surface area contributed by atoms with Gasteiger partial charge < -0.3 is 5.32 Å². The largest absolute Gasteiger partial charge is 0.307 e. The molecule has 0 aromatic heterocycles. The Hall–Kier alpha value is -1.68. The average molecular weight is 218 g/mol. The van der Waals surface area contributed by atoms with E-state index in [1.165, 1.54) is 23.0 Å². The van der Waals surface area contributed by atoms with Crippen LogP contribution in [0.15, 0.2) is 24.3 Å². The first-order valence-electron chi connectivity index (χ1n) is 5.30. The number of carbonyl (C=O) groups is 2. The van der Waals surface area contributed by atoms with Gasteiger partial charge in [-0.3, -0.25) is 14.5 Å². The lowest BCUT2D eigenvalue weighted by Gasteiger charge is -2.23. The summed E-state index contributed by atoms with van der Waals surface area (Å²) in [6.45, 7) is 2.92. The summed E-state index contributed by atoms with van der Waals surface area (Å²) in [4.78, 5) is 22.8. The van der Waals surface area contributed by atoms with Crippen molar-refractivity contribution in [2.45, 2.75) is 6.92 Å². The van der Waals surface area contributed by atoms with Gasteiger partial charge in [0.15, 0.2) is 0 Å². The molecule has 1 N–H and O–H groups in total. The first-order chi connectivity index (χ1) is 7.68. The standard InChI is InChI=1S/C6H10N2O2.C6H4/c1-5(9)8-3-2-7-4-6(8)10;1-2-6-4-3-5(1)6/h7H,2-4H2,1H3;1-4H. The van der Waals surface area contributed by atoms with E-state index in [1.807, 2.05) is 0 Å². The van der Waals surface area contributed by atoms with E-state index in [1.54, 1.807) is 0 Å². The molecule has 1 aliphatic heterocycles. The Bertz CT molecular complexity index is 391. The molecule has 0 bridgehead atoms. The quantitative estimate of drug-likeness (QED) is 0.705. The van der Waals surface area contributed by atoms with Crippen LogP contribution in [0.2, 0.25) is 0 Å². The number of nitrogens with one attached hydrogen (secondary N) is 1. The summed E-state index contributed by atoms with van der Waals surface area (Å²) < 4.78 is 0. The molecule has 1 saturated heterocycles. The first-order valence-corrected chi connectivity index (χ1v) is 5.30. The zero-order valence-electron chi connectivity index (χ0n) is 9.19. The smallest absolute Gasteiger partial charge is 0.243 e. The van der Waals surface area contributed by atoms with Crippen molar-refractivity contribution in [2.75, 3.05) is 19.6 Å². The summed E-state index contributed by atoms with van der Waals surface area (Å²) in [6, 6.07) is 8.48. The van der Waals surface area contributed by atoms with E-state index in [0.29, 0.717) is 19.6 Å².